The van der Waals surface area contributed by atoms with Crippen molar-refractivity contribution in [2.24, 2.45) is 0 Å². The summed E-state index contributed by atoms with van der Waals surface area (Å²) in [4.78, 5) is 23.4. The maximum absolute atomic E-state index is 12.1. The van der Waals surface area contributed by atoms with E-state index < -0.39 is 0 Å². The second kappa shape index (κ2) is 5.97. The molecular formula is C15H12INO2. The molecule has 0 saturated carbocycles. The Balaban J connectivity index is 2.20. The summed E-state index contributed by atoms with van der Waals surface area (Å²) >= 11 is 2.18. The van der Waals surface area contributed by atoms with Gasteiger partial charge in [-0.3, -0.25) is 9.59 Å². The number of carbonyl (C=O) groups is 2. The predicted molar refractivity (Wildman–Crippen MR) is 83.6 cm³/mol. The van der Waals surface area contributed by atoms with Crippen LogP contribution in [0.25, 0.3) is 0 Å². The molecule has 0 radical (unpaired) electrons. The lowest BCUT2D eigenvalue weighted by Gasteiger charge is -2.06. The van der Waals surface area contributed by atoms with Crippen LogP contribution in [0.4, 0.5) is 5.69 Å². The van der Waals surface area contributed by atoms with Crippen molar-refractivity contribution in [1.82, 2.24) is 0 Å². The van der Waals surface area contributed by atoms with E-state index in [2.05, 4.69) is 27.9 Å². The average molecular weight is 365 g/mol. The van der Waals surface area contributed by atoms with Gasteiger partial charge in [0.25, 0.3) is 5.91 Å². The molecule has 96 valence electrons. The number of ketones is 1. The first-order chi connectivity index (χ1) is 9.06. The van der Waals surface area contributed by atoms with Gasteiger partial charge in [-0.15, -0.1) is 0 Å². The Morgan fingerprint density at radius 3 is 2.37 bits per heavy atom. The molecule has 0 aliphatic carbocycles. The minimum Gasteiger partial charge on any atom is -0.322 e. The van der Waals surface area contributed by atoms with Gasteiger partial charge in [-0.05, 0) is 59.8 Å². The van der Waals surface area contributed by atoms with Gasteiger partial charge in [0.2, 0.25) is 0 Å². The van der Waals surface area contributed by atoms with E-state index >= 15 is 0 Å². The van der Waals surface area contributed by atoms with Crippen LogP contribution < -0.4 is 5.32 Å². The highest BCUT2D eigenvalue weighted by molar-refractivity contribution is 14.1. The summed E-state index contributed by atoms with van der Waals surface area (Å²) in [6.45, 7) is 1.48. The van der Waals surface area contributed by atoms with Gasteiger partial charge in [-0.25, -0.2) is 0 Å². The standard InChI is InChI=1S/C15H12INO2/c1-10(18)11-4-2-5-12(8-11)15(19)17-14-7-3-6-13(16)9-14/h2-9H,1H3,(H,17,19). The van der Waals surface area contributed by atoms with E-state index in [9.17, 15) is 9.59 Å². The summed E-state index contributed by atoms with van der Waals surface area (Å²) in [5.41, 5.74) is 1.76. The van der Waals surface area contributed by atoms with Crippen LogP contribution in [0.2, 0.25) is 0 Å². The van der Waals surface area contributed by atoms with Crippen molar-refractivity contribution >= 4 is 40.0 Å². The molecule has 0 saturated heterocycles. The Morgan fingerprint density at radius 1 is 1.00 bits per heavy atom. The molecule has 0 heterocycles. The van der Waals surface area contributed by atoms with Crippen LogP contribution in [0, 0.1) is 3.57 Å². The molecular weight excluding hydrogens is 353 g/mol. The number of halogens is 1. The van der Waals surface area contributed by atoms with Crippen LogP contribution in [0.3, 0.4) is 0 Å². The molecule has 4 heteroatoms. The number of anilines is 1. The number of nitrogens with one attached hydrogen (secondary N) is 1. The molecule has 3 nitrogen and oxygen atoms in total. The van der Waals surface area contributed by atoms with Gasteiger partial charge < -0.3 is 5.32 Å². The van der Waals surface area contributed by atoms with E-state index in [4.69, 9.17) is 0 Å². The van der Waals surface area contributed by atoms with Crippen LogP contribution in [-0.4, -0.2) is 11.7 Å². The van der Waals surface area contributed by atoms with Gasteiger partial charge in [0.1, 0.15) is 0 Å². The van der Waals surface area contributed by atoms with Crippen LogP contribution in [0.5, 0.6) is 0 Å². The average Bonchev–Trinajstić information content (AvgIpc) is 2.39. The molecule has 0 atom stereocenters. The Morgan fingerprint density at radius 2 is 1.68 bits per heavy atom. The SMILES string of the molecule is CC(=O)c1cccc(C(=O)Nc2cccc(I)c2)c1. The zero-order valence-corrected chi connectivity index (χ0v) is 12.5. The second-order valence-electron chi connectivity index (χ2n) is 4.10. The van der Waals surface area contributed by atoms with E-state index in [-0.39, 0.29) is 11.7 Å². The fraction of sp³-hybridized carbons (Fsp3) is 0.0667. The van der Waals surface area contributed by atoms with Crippen molar-refractivity contribution in [3.05, 3.63) is 63.2 Å². The van der Waals surface area contributed by atoms with E-state index in [1.54, 1.807) is 24.3 Å². The van der Waals surface area contributed by atoms with Crippen LogP contribution in [0.1, 0.15) is 27.6 Å². The highest BCUT2D eigenvalue weighted by Gasteiger charge is 2.08. The van der Waals surface area contributed by atoms with Crippen molar-refractivity contribution in [2.45, 2.75) is 6.92 Å². The molecule has 0 unspecified atom stereocenters. The summed E-state index contributed by atoms with van der Waals surface area (Å²) in [6.07, 6.45) is 0. The van der Waals surface area contributed by atoms with Gasteiger partial charge in [-0.2, -0.15) is 0 Å². The predicted octanol–water partition coefficient (Wildman–Crippen LogP) is 3.75. The van der Waals surface area contributed by atoms with Crippen molar-refractivity contribution in [3.63, 3.8) is 0 Å². The minimum atomic E-state index is -0.217. The van der Waals surface area contributed by atoms with Gasteiger partial charge in [0, 0.05) is 20.4 Å². The maximum Gasteiger partial charge on any atom is 0.255 e. The monoisotopic (exact) mass is 365 g/mol. The highest BCUT2D eigenvalue weighted by atomic mass is 127. The normalized spacial score (nSPS) is 10.0. The van der Waals surface area contributed by atoms with Gasteiger partial charge in [0.15, 0.2) is 5.78 Å². The van der Waals surface area contributed by atoms with E-state index in [1.807, 2.05) is 24.3 Å². The number of amides is 1. The Kier molecular flexibility index (Phi) is 4.31. The highest BCUT2D eigenvalue weighted by Crippen LogP contribution is 2.14. The van der Waals surface area contributed by atoms with Gasteiger partial charge >= 0.3 is 0 Å². The topological polar surface area (TPSA) is 46.2 Å². The molecule has 1 amide bonds. The fourth-order valence-electron chi connectivity index (χ4n) is 1.65. The smallest absolute Gasteiger partial charge is 0.255 e. The third kappa shape index (κ3) is 3.64. The van der Waals surface area contributed by atoms with Gasteiger partial charge in [-0.1, -0.05) is 18.2 Å². The van der Waals surface area contributed by atoms with E-state index in [1.165, 1.54) is 6.92 Å². The molecule has 1 N–H and O–H groups in total. The number of rotatable bonds is 3. The molecule has 0 aromatic heterocycles. The lowest BCUT2D eigenvalue weighted by Crippen LogP contribution is -2.12. The number of hydrogen-bond acceptors (Lipinski definition) is 2. The zero-order chi connectivity index (χ0) is 13.8. The molecule has 0 aliphatic heterocycles. The summed E-state index contributed by atoms with van der Waals surface area (Å²) < 4.78 is 1.05. The third-order valence-electron chi connectivity index (χ3n) is 2.61. The van der Waals surface area contributed by atoms with Crippen LogP contribution >= 0.6 is 22.6 Å². The summed E-state index contributed by atoms with van der Waals surface area (Å²) in [5, 5.41) is 2.81. The number of Topliss-reactive ketones (excluding diaryl/α,β-unsaturated/α-hetero) is 1. The molecule has 2 aromatic rings. The quantitative estimate of drug-likeness (QED) is 0.665. The van der Waals surface area contributed by atoms with Crippen molar-refractivity contribution in [3.8, 4) is 0 Å². The first-order valence-electron chi connectivity index (χ1n) is 5.74. The van der Waals surface area contributed by atoms with Crippen molar-refractivity contribution < 1.29 is 9.59 Å². The first-order valence-corrected chi connectivity index (χ1v) is 6.82. The molecule has 0 aliphatic rings. The summed E-state index contributed by atoms with van der Waals surface area (Å²) in [5.74, 6) is -0.269. The fourth-order valence-corrected chi connectivity index (χ4v) is 2.19. The largest absolute Gasteiger partial charge is 0.322 e. The summed E-state index contributed by atoms with van der Waals surface area (Å²) in [6, 6.07) is 14.2. The Labute approximate surface area is 125 Å². The van der Waals surface area contributed by atoms with Crippen molar-refractivity contribution in [2.75, 3.05) is 5.32 Å². The number of hydrogen-bond donors (Lipinski definition) is 1. The third-order valence-corrected chi connectivity index (χ3v) is 3.28. The van der Waals surface area contributed by atoms with Crippen LogP contribution in [0.15, 0.2) is 48.5 Å². The zero-order valence-electron chi connectivity index (χ0n) is 10.3. The van der Waals surface area contributed by atoms with Gasteiger partial charge in [0.05, 0.1) is 0 Å². The van der Waals surface area contributed by atoms with Crippen LogP contribution in [-0.2, 0) is 0 Å². The van der Waals surface area contributed by atoms with E-state index in [0.717, 1.165) is 9.26 Å². The molecule has 2 aromatic carbocycles. The maximum atomic E-state index is 12.1. The molecule has 0 fully saturated rings. The Bertz CT molecular complexity index is 638. The molecule has 0 bridgehead atoms. The molecule has 19 heavy (non-hydrogen) atoms. The molecule has 2 rings (SSSR count). The lowest BCUT2D eigenvalue weighted by atomic mass is 10.1. The van der Waals surface area contributed by atoms with E-state index in [0.29, 0.717) is 11.1 Å². The minimum absolute atomic E-state index is 0.0519. The second-order valence-corrected chi connectivity index (χ2v) is 5.35. The summed E-state index contributed by atoms with van der Waals surface area (Å²) in [7, 11) is 0. The first kappa shape index (κ1) is 13.7. The molecule has 0 spiro atoms. The number of carbonyl (C=O) groups excluding carboxylic acids is 2. The Hall–Kier alpha value is -1.69. The lowest BCUT2D eigenvalue weighted by molar-refractivity contribution is 0.101. The number of benzene rings is 2. The van der Waals surface area contributed by atoms with Crippen molar-refractivity contribution in [1.29, 1.82) is 0 Å².